The van der Waals surface area contributed by atoms with Crippen LogP contribution in [0, 0.1) is 5.82 Å². The first kappa shape index (κ1) is 22.2. The molecule has 1 aliphatic carbocycles. The number of hydrogen-bond acceptors (Lipinski definition) is 4. The van der Waals surface area contributed by atoms with Gasteiger partial charge in [0.05, 0.1) is 6.61 Å². The van der Waals surface area contributed by atoms with E-state index in [2.05, 4.69) is 15.0 Å². The Kier molecular flexibility index (Phi) is 6.32. The summed E-state index contributed by atoms with van der Waals surface area (Å²) < 4.78 is 60.7. The van der Waals surface area contributed by atoms with Crippen LogP contribution in [0.3, 0.4) is 0 Å². The average molecular weight is 444 g/mol. The van der Waals surface area contributed by atoms with E-state index in [0.29, 0.717) is 13.0 Å². The molecule has 1 spiro atoms. The fourth-order valence-corrected chi connectivity index (χ4v) is 5.22. The normalized spacial score (nSPS) is 26.1. The van der Waals surface area contributed by atoms with E-state index in [0.717, 1.165) is 62.9 Å². The van der Waals surface area contributed by atoms with Gasteiger partial charge < -0.3 is 19.7 Å². The number of halogens is 4. The Bertz CT molecular complexity index is 793. The fourth-order valence-electron chi connectivity index (χ4n) is 5.22. The van der Waals surface area contributed by atoms with Crippen LogP contribution < -0.4 is 10.1 Å². The summed E-state index contributed by atoms with van der Waals surface area (Å²) >= 11 is 0. The molecule has 2 fully saturated rings. The number of fused-ring (bicyclic) bond motifs is 2. The number of alkyl carbamates (subject to hydrolysis) is 1. The molecule has 9 heteroatoms. The van der Waals surface area contributed by atoms with Gasteiger partial charge in [0.2, 0.25) is 0 Å². The molecule has 0 radical (unpaired) electrons. The Morgan fingerprint density at radius 1 is 1.23 bits per heavy atom. The fraction of sp³-hybridized carbons (Fsp3) is 0.682. The van der Waals surface area contributed by atoms with E-state index in [-0.39, 0.29) is 23.3 Å². The highest BCUT2D eigenvalue weighted by Gasteiger charge is 2.44. The monoisotopic (exact) mass is 444 g/mol. The highest BCUT2D eigenvalue weighted by atomic mass is 19.4. The van der Waals surface area contributed by atoms with Gasteiger partial charge in [-0.2, -0.15) is 13.2 Å². The summed E-state index contributed by atoms with van der Waals surface area (Å²) in [4.78, 5) is 14.2. The number of hydrogen-bond donors (Lipinski definition) is 1. The lowest BCUT2D eigenvalue weighted by atomic mass is 9.74. The van der Waals surface area contributed by atoms with E-state index >= 15 is 0 Å². The van der Waals surface area contributed by atoms with Crippen molar-refractivity contribution in [2.45, 2.75) is 68.6 Å². The summed E-state index contributed by atoms with van der Waals surface area (Å²) in [7, 11) is 0. The van der Waals surface area contributed by atoms with E-state index in [1.54, 1.807) is 12.1 Å². The Morgan fingerprint density at radius 2 is 1.97 bits per heavy atom. The van der Waals surface area contributed by atoms with Crippen LogP contribution in [0.2, 0.25) is 0 Å². The molecule has 1 N–H and O–H groups in total. The zero-order chi connectivity index (χ0) is 22.1. The standard InChI is InChI=1S/C22H28F4N2O3/c23-15-5-6-19-18(11-15)21(13-30-19)7-9-28(10-8-21)17-4-2-1-3-16(12-17)27-20(29)31-14-22(24,25)26/h5-6,11,16-17H,1-4,7-10,12-14H2,(H,27,29). The van der Waals surface area contributed by atoms with Gasteiger partial charge in [-0.1, -0.05) is 12.8 Å². The van der Waals surface area contributed by atoms with Crippen LogP contribution in [0.25, 0.3) is 0 Å². The second-order valence-corrected chi connectivity index (χ2v) is 8.95. The predicted molar refractivity (Wildman–Crippen MR) is 106 cm³/mol. The minimum Gasteiger partial charge on any atom is -0.492 e. The van der Waals surface area contributed by atoms with Gasteiger partial charge in [-0.05, 0) is 63.4 Å². The van der Waals surface area contributed by atoms with Crippen molar-refractivity contribution in [1.82, 2.24) is 10.2 Å². The van der Waals surface area contributed by atoms with Crippen molar-refractivity contribution in [3.63, 3.8) is 0 Å². The summed E-state index contributed by atoms with van der Waals surface area (Å²) in [5.74, 6) is 0.520. The molecule has 31 heavy (non-hydrogen) atoms. The Hall–Kier alpha value is -2.03. The lowest BCUT2D eigenvalue weighted by Gasteiger charge is -2.42. The second kappa shape index (κ2) is 8.84. The molecule has 1 saturated carbocycles. The number of likely N-dealkylation sites (tertiary alicyclic amines) is 1. The smallest absolute Gasteiger partial charge is 0.422 e. The molecule has 5 nitrogen and oxygen atoms in total. The number of carbonyl (C=O) groups is 1. The van der Waals surface area contributed by atoms with Crippen molar-refractivity contribution >= 4 is 6.09 Å². The van der Waals surface area contributed by atoms with Crippen LogP contribution in [0.1, 0.15) is 50.5 Å². The van der Waals surface area contributed by atoms with Crippen molar-refractivity contribution in [2.75, 3.05) is 26.3 Å². The summed E-state index contributed by atoms with van der Waals surface area (Å²) in [6.45, 7) is 0.678. The second-order valence-electron chi connectivity index (χ2n) is 8.95. The Labute approximate surface area is 179 Å². The van der Waals surface area contributed by atoms with Gasteiger partial charge in [0.25, 0.3) is 0 Å². The van der Waals surface area contributed by atoms with E-state index in [1.807, 2.05) is 0 Å². The van der Waals surface area contributed by atoms with Crippen LogP contribution in [0.4, 0.5) is 22.4 Å². The lowest BCUT2D eigenvalue weighted by molar-refractivity contribution is -0.160. The van der Waals surface area contributed by atoms with Crippen molar-refractivity contribution in [1.29, 1.82) is 0 Å². The maximum atomic E-state index is 13.8. The number of ether oxygens (including phenoxy) is 2. The minimum atomic E-state index is -4.53. The molecule has 172 valence electrons. The zero-order valence-electron chi connectivity index (χ0n) is 17.3. The van der Waals surface area contributed by atoms with Gasteiger partial charge in [-0.15, -0.1) is 0 Å². The zero-order valence-corrected chi connectivity index (χ0v) is 17.3. The third-order valence-electron chi connectivity index (χ3n) is 6.87. The topological polar surface area (TPSA) is 50.8 Å². The number of carbonyl (C=O) groups excluding carboxylic acids is 1. The van der Waals surface area contributed by atoms with Crippen molar-refractivity contribution in [3.05, 3.63) is 29.6 Å². The molecule has 2 unspecified atom stereocenters. The predicted octanol–water partition coefficient (Wildman–Crippen LogP) is 4.54. The van der Waals surface area contributed by atoms with Gasteiger partial charge in [0, 0.05) is 23.1 Å². The average Bonchev–Trinajstić information content (AvgIpc) is 2.90. The third-order valence-corrected chi connectivity index (χ3v) is 6.87. The molecule has 2 atom stereocenters. The number of piperidine rings is 1. The van der Waals surface area contributed by atoms with Crippen LogP contribution in [-0.2, 0) is 10.2 Å². The molecular weight excluding hydrogens is 416 g/mol. The van der Waals surface area contributed by atoms with Crippen molar-refractivity contribution < 1.29 is 31.8 Å². The van der Waals surface area contributed by atoms with Gasteiger partial charge >= 0.3 is 12.3 Å². The number of alkyl halides is 3. The summed E-state index contributed by atoms with van der Waals surface area (Å²) in [6, 6.07) is 4.77. The molecular formula is C22H28F4N2O3. The summed E-state index contributed by atoms with van der Waals surface area (Å²) in [5.41, 5.74) is 0.803. The summed E-state index contributed by atoms with van der Waals surface area (Å²) in [5, 5.41) is 2.62. The minimum absolute atomic E-state index is 0.155. The first-order valence-corrected chi connectivity index (χ1v) is 10.9. The van der Waals surface area contributed by atoms with E-state index < -0.39 is 18.9 Å². The lowest BCUT2D eigenvalue weighted by Crippen LogP contribution is -2.49. The first-order chi connectivity index (χ1) is 14.7. The van der Waals surface area contributed by atoms with Gasteiger partial charge in [0.15, 0.2) is 6.61 Å². The van der Waals surface area contributed by atoms with Gasteiger partial charge in [-0.25, -0.2) is 9.18 Å². The summed E-state index contributed by atoms with van der Waals surface area (Å²) in [6.07, 6.45) is 0.534. The molecule has 4 rings (SSSR count). The molecule has 2 aliphatic heterocycles. The SMILES string of the molecule is O=C(NC1CCCCC(N2CCC3(CC2)COc2ccc(F)cc23)C1)OCC(F)(F)F. The molecule has 2 heterocycles. The molecule has 1 aromatic rings. The van der Waals surface area contributed by atoms with E-state index in [9.17, 15) is 22.4 Å². The Balaban J connectivity index is 1.33. The van der Waals surface area contributed by atoms with Crippen LogP contribution in [0.5, 0.6) is 5.75 Å². The maximum absolute atomic E-state index is 13.8. The highest BCUT2D eigenvalue weighted by molar-refractivity contribution is 5.67. The number of nitrogens with zero attached hydrogens (tertiary/aromatic N) is 1. The van der Waals surface area contributed by atoms with Gasteiger partial charge in [0.1, 0.15) is 11.6 Å². The largest absolute Gasteiger partial charge is 0.492 e. The van der Waals surface area contributed by atoms with Crippen LogP contribution in [0.15, 0.2) is 18.2 Å². The number of benzene rings is 1. The molecule has 1 amide bonds. The molecule has 1 aromatic carbocycles. The van der Waals surface area contributed by atoms with E-state index in [4.69, 9.17) is 4.74 Å². The number of nitrogens with one attached hydrogen (secondary N) is 1. The molecule has 0 aromatic heterocycles. The quantitative estimate of drug-likeness (QED) is 0.549. The molecule has 0 bridgehead atoms. The highest BCUT2D eigenvalue weighted by Crippen LogP contribution is 2.46. The van der Waals surface area contributed by atoms with Crippen molar-refractivity contribution in [2.24, 2.45) is 0 Å². The maximum Gasteiger partial charge on any atom is 0.422 e. The van der Waals surface area contributed by atoms with Crippen LogP contribution in [-0.4, -0.2) is 55.6 Å². The molecule has 3 aliphatic rings. The number of amides is 1. The first-order valence-electron chi connectivity index (χ1n) is 10.9. The van der Waals surface area contributed by atoms with Gasteiger partial charge in [-0.3, -0.25) is 0 Å². The van der Waals surface area contributed by atoms with E-state index in [1.165, 1.54) is 6.07 Å². The van der Waals surface area contributed by atoms with Crippen molar-refractivity contribution in [3.8, 4) is 5.75 Å². The molecule has 1 saturated heterocycles. The third kappa shape index (κ3) is 5.25. The number of rotatable bonds is 3. The Morgan fingerprint density at radius 3 is 2.71 bits per heavy atom. The van der Waals surface area contributed by atoms with Crippen LogP contribution >= 0.6 is 0 Å².